The lowest BCUT2D eigenvalue weighted by atomic mass is 9.99. The highest BCUT2D eigenvalue weighted by Crippen LogP contribution is 2.22. The van der Waals surface area contributed by atoms with E-state index in [0.29, 0.717) is 0 Å². The molecule has 2 aliphatic rings. The molecule has 0 radical (unpaired) electrons. The van der Waals surface area contributed by atoms with Gasteiger partial charge in [0, 0.05) is 6.08 Å². The summed E-state index contributed by atoms with van der Waals surface area (Å²) in [5.41, 5.74) is 0. The van der Waals surface area contributed by atoms with Crippen molar-refractivity contribution < 1.29 is 44.2 Å². The maximum Gasteiger partial charge on any atom is 0.240 e. The molecule has 5 atom stereocenters. The van der Waals surface area contributed by atoms with Gasteiger partial charge in [-0.25, -0.2) is 0 Å². The van der Waals surface area contributed by atoms with Gasteiger partial charge in [-0.3, -0.25) is 9.59 Å². The molecule has 2 rings (SSSR count). The van der Waals surface area contributed by atoms with Crippen LogP contribution in [0.4, 0.5) is 0 Å². The number of aliphatic hydroxyl groups excluding tert-OH is 4. The second-order valence-electron chi connectivity index (χ2n) is 4.70. The van der Waals surface area contributed by atoms with E-state index in [1.165, 1.54) is 0 Å². The maximum absolute atomic E-state index is 11.2. The van der Waals surface area contributed by atoms with Gasteiger partial charge in [-0.2, -0.15) is 0 Å². The molecule has 21 heavy (non-hydrogen) atoms. The quantitative estimate of drug-likeness (QED) is 0.396. The third kappa shape index (κ3) is 3.46. The lowest BCUT2D eigenvalue weighted by Gasteiger charge is -2.39. The lowest BCUT2D eigenvalue weighted by Crippen LogP contribution is -2.59. The summed E-state index contributed by atoms with van der Waals surface area (Å²) in [7, 11) is 0. The van der Waals surface area contributed by atoms with Crippen LogP contribution < -0.4 is 0 Å². The number of rotatable bonds is 4. The molecular weight excluding hydrogens is 288 g/mol. The Labute approximate surface area is 119 Å². The number of Topliss-reactive ketones (excluding diaryl/α,β-unsaturated/α-hetero) is 1. The van der Waals surface area contributed by atoms with Gasteiger partial charge in [-0.1, -0.05) is 0 Å². The van der Waals surface area contributed by atoms with E-state index in [9.17, 15) is 24.9 Å². The van der Waals surface area contributed by atoms with Crippen LogP contribution in [0, 0.1) is 0 Å². The Kier molecular flexibility index (Phi) is 5.04. The van der Waals surface area contributed by atoms with Gasteiger partial charge in [0.1, 0.15) is 36.8 Å². The second kappa shape index (κ2) is 6.60. The van der Waals surface area contributed by atoms with E-state index in [-0.39, 0.29) is 19.0 Å². The third-order valence-electron chi connectivity index (χ3n) is 3.19. The molecule has 0 aromatic carbocycles. The molecule has 118 valence electrons. The summed E-state index contributed by atoms with van der Waals surface area (Å²) in [5, 5.41) is 37.9. The Hall–Kier alpha value is -1.36. The van der Waals surface area contributed by atoms with E-state index in [1.807, 2.05) is 0 Å². The molecule has 4 N–H and O–H groups in total. The van der Waals surface area contributed by atoms with E-state index in [0.717, 1.165) is 6.08 Å². The molecule has 0 saturated carbocycles. The summed E-state index contributed by atoms with van der Waals surface area (Å²) >= 11 is 0. The average molecular weight is 304 g/mol. The smallest absolute Gasteiger partial charge is 0.240 e. The van der Waals surface area contributed by atoms with Crippen molar-refractivity contribution in [3.05, 3.63) is 11.8 Å². The molecule has 0 aliphatic carbocycles. The van der Waals surface area contributed by atoms with Gasteiger partial charge in [-0.15, -0.1) is 0 Å². The molecule has 1 fully saturated rings. The van der Waals surface area contributed by atoms with Gasteiger partial charge >= 0.3 is 0 Å². The van der Waals surface area contributed by atoms with Crippen LogP contribution in [0.15, 0.2) is 11.8 Å². The normalized spacial score (nSPS) is 37.1. The molecule has 9 heteroatoms. The number of carbonyl (C=O) groups excluding carboxylic acids is 2. The summed E-state index contributed by atoms with van der Waals surface area (Å²) in [6.07, 6.45) is -6.00. The Morgan fingerprint density at radius 2 is 1.90 bits per heavy atom. The fraction of sp³-hybridized carbons (Fsp3) is 0.667. The average Bonchev–Trinajstić information content (AvgIpc) is 2.47. The van der Waals surface area contributed by atoms with Crippen molar-refractivity contribution in [2.24, 2.45) is 0 Å². The first kappa shape index (κ1) is 16.0. The summed E-state index contributed by atoms with van der Waals surface area (Å²) in [6.45, 7) is -1.23. The predicted molar refractivity (Wildman–Crippen MR) is 63.8 cm³/mol. The predicted octanol–water partition coefficient (Wildman–Crippen LogP) is -3.14. The number of hydrogen-bond acceptors (Lipinski definition) is 9. The minimum Gasteiger partial charge on any atom is -0.487 e. The number of allylic oxidation sites excluding steroid dienone is 1. The Morgan fingerprint density at radius 3 is 2.52 bits per heavy atom. The highest BCUT2D eigenvalue weighted by atomic mass is 16.7. The molecule has 5 unspecified atom stereocenters. The zero-order valence-electron chi connectivity index (χ0n) is 10.9. The monoisotopic (exact) mass is 304 g/mol. The maximum atomic E-state index is 11.2. The molecule has 9 nitrogen and oxygen atoms in total. The number of hydrogen-bond donors (Lipinski definition) is 4. The van der Waals surface area contributed by atoms with Crippen molar-refractivity contribution in [3.63, 3.8) is 0 Å². The van der Waals surface area contributed by atoms with Gasteiger partial charge in [0.25, 0.3) is 0 Å². The fourth-order valence-electron chi connectivity index (χ4n) is 1.95. The molecule has 0 bridgehead atoms. The van der Waals surface area contributed by atoms with Crippen LogP contribution in [0.1, 0.15) is 0 Å². The third-order valence-corrected chi connectivity index (χ3v) is 3.19. The number of aliphatic hydroxyl groups is 4. The Balaban J connectivity index is 1.94. The number of ether oxygens (including phenoxy) is 3. The van der Waals surface area contributed by atoms with Crippen LogP contribution in [-0.4, -0.2) is 82.5 Å². The van der Waals surface area contributed by atoms with E-state index in [1.54, 1.807) is 0 Å². The van der Waals surface area contributed by atoms with Crippen LogP contribution in [0.3, 0.4) is 0 Å². The standard InChI is InChI=1S/C12H16O9/c13-2-8-9(16)10(17)11(18)12(21-8)20-3-5-1-6(14)7(15)4-19-5/h1,8-13,16-18H,2-4H2. The van der Waals surface area contributed by atoms with Crippen LogP contribution in [0.5, 0.6) is 0 Å². The molecule has 2 aliphatic heterocycles. The van der Waals surface area contributed by atoms with Crippen molar-refractivity contribution in [2.75, 3.05) is 19.8 Å². The molecule has 0 aromatic rings. The van der Waals surface area contributed by atoms with Crippen molar-refractivity contribution in [2.45, 2.75) is 30.7 Å². The van der Waals surface area contributed by atoms with Crippen LogP contribution >= 0.6 is 0 Å². The van der Waals surface area contributed by atoms with Crippen molar-refractivity contribution in [1.82, 2.24) is 0 Å². The van der Waals surface area contributed by atoms with E-state index >= 15 is 0 Å². The van der Waals surface area contributed by atoms with Gasteiger partial charge in [0.2, 0.25) is 11.6 Å². The Bertz CT molecular complexity index is 444. The van der Waals surface area contributed by atoms with Gasteiger partial charge in [0.15, 0.2) is 12.9 Å². The topological polar surface area (TPSA) is 143 Å². The summed E-state index contributed by atoms with van der Waals surface area (Å²) in [6, 6.07) is 0. The first-order chi connectivity index (χ1) is 9.93. The van der Waals surface area contributed by atoms with Crippen molar-refractivity contribution >= 4 is 11.6 Å². The highest BCUT2D eigenvalue weighted by Gasteiger charge is 2.44. The summed E-state index contributed by atoms with van der Waals surface area (Å²) < 4.78 is 15.2. The van der Waals surface area contributed by atoms with E-state index in [4.69, 9.17) is 19.3 Å². The van der Waals surface area contributed by atoms with E-state index < -0.39 is 48.9 Å². The van der Waals surface area contributed by atoms with Gasteiger partial charge in [0.05, 0.1) is 6.61 Å². The van der Waals surface area contributed by atoms with Gasteiger partial charge in [-0.05, 0) is 0 Å². The minimum atomic E-state index is -1.55. The minimum absolute atomic E-state index is 0.0801. The first-order valence-electron chi connectivity index (χ1n) is 6.26. The zero-order chi connectivity index (χ0) is 15.6. The zero-order valence-corrected chi connectivity index (χ0v) is 10.9. The van der Waals surface area contributed by atoms with Crippen molar-refractivity contribution in [3.8, 4) is 0 Å². The van der Waals surface area contributed by atoms with Gasteiger partial charge < -0.3 is 34.6 Å². The molecule has 0 spiro atoms. The lowest BCUT2D eigenvalue weighted by molar-refractivity contribution is -0.300. The number of ketones is 2. The van der Waals surface area contributed by atoms with E-state index in [2.05, 4.69) is 0 Å². The molecule has 1 saturated heterocycles. The summed E-state index contributed by atoms with van der Waals surface area (Å²) in [4.78, 5) is 22.1. The SMILES string of the molecule is O=C1C=C(COC2OC(CO)C(O)C(O)C2O)OCC1=O. The van der Waals surface area contributed by atoms with Crippen LogP contribution in [-0.2, 0) is 23.8 Å². The molecule has 0 amide bonds. The highest BCUT2D eigenvalue weighted by molar-refractivity contribution is 6.42. The largest absolute Gasteiger partial charge is 0.487 e. The fourth-order valence-corrected chi connectivity index (χ4v) is 1.95. The van der Waals surface area contributed by atoms with Crippen LogP contribution in [0.2, 0.25) is 0 Å². The molecule has 2 heterocycles. The molecular formula is C12H16O9. The van der Waals surface area contributed by atoms with Crippen molar-refractivity contribution in [1.29, 1.82) is 0 Å². The molecule has 0 aromatic heterocycles. The second-order valence-corrected chi connectivity index (χ2v) is 4.70. The van der Waals surface area contributed by atoms with Crippen LogP contribution in [0.25, 0.3) is 0 Å². The number of carbonyl (C=O) groups is 2. The Morgan fingerprint density at radius 1 is 1.19 bits per heavy atom. The first-order valence-corrected chi connectivity index (χ1v) is 6.26. The summed E-state index contributed by atoms with van der Waals surface area (Å²) in [5.74, 6) is -1.31.